The summed E-state index contributed by atoms with van der Waals surface area (Å²) in [5.41, 5.74) is 2.67. The summed E-state index contributed by atoms with van der Waals surface area (Å²) in [6.45, 7) is 11.0. The van der Waals surface area contributed by atoms with Gasteiger partial charge < -0.3 is 19.9 Å². The van der Waals surface area contributed by atoms with Crippen LogP contribution in [0.3, 0.4) is 0 Å². The van der Waals surface area contributed by atoms with Gasteiger partial charge in [-0.2, -0.15) is 0 Å². The summed E-state index contributed by atoms with van der Waals surface area (Å²) >= 11 is 0. The molecule has 1 aliphatic carbocycles. The molecule has 2 N–H and O–H groups in total. The summed E-state index contributed by atoms with van der Waals surface area (Å²) in [5, 5.41) is 11.8. The van der Waals surface area contributed by atoms with Gasteiger partial charge in [-0.3, -0.25) is 4.79 Å². The lowest BCUT2D eigenvalue weighted by atomic mass is 9.66. The van der Waals surface area contributed by atoms with Gasteiger partial charge in [0.1, 0.15) is 17.1 Å². The number of carbonyl (C=O) groups is 1. The Kier molecular flexibility index (Phi) is 5.50. The van der Waals surface area contributed by atoms with Crippen molar-refractivity contribution in [3.8, 4) is 11.5 Å². The number of aliphatic hydroxyl groups is 1. The van der Waals surface area contributed by atoms with Crippen LogP contribution in [0.2, 0.25) is 0 Å². The van der Waals surface area contributed by atoms with Gasteiger partial charge >= 0.3 is 0 Å². The van der Waals surface area contributed by atoms with Crippen LogP contribution < -0.4 is 14.8 Å². The molecule has 1 amide bonds. The Bertz CT molecular complexity index is 789. The highest BCUT2D eigenvalue weighted by Crippen LogP contribution is 2.55. The molecule has 0 saturated carbocycles. The topological polar surface area (TPSA) is 67.8 Å². The standard InChI is InChI=1S/C23H33NO4/c1-22(2,3)15-12-18(27-6)20-16-11-14(21(26)24-9-10-25)7-8-17(16)23(4,5)28-19(20)13-15/h7,12-13,16-17,25H,8-11H2,1-6H3,(H,24,26)/t16-,17-/m1/s1. The molecule has 0 bridgehead atoms. The van der Waals surface area contributed by atoms with Crippen molar-refractivity contribution in [3.05, 3.63) is 34.9 Å². The summed E-state index contributed by atoms with van der Waals surface area (Å²) in [6, 6.07) is 4.25. The first kappa shape index (κ1) is 20.7. The number of methoxy groups -OCH3 is 1. The lowest BCUT2D eigenvalue weighted by Crippen LogP contribution is -2.46. The zero-order valence-corrected chi connectivity index (χ0v) is 17.9. The second kappa shape index (κ2) is 7.43. The van der Waals surface area contributed by atoms with Gasteiger partial charge in [-0.1, -0.05) is 26.8 Å². The van der Waals surface area contributed by atoms with Crippen LogP contribution in [0, 0.1) is 5.92 Å². The summed E-state index contributed by atoms with van der Waals surface area (Å²) < 4.78 is 12.3. The van der Waals surface area contributed by atoms with Gasteiger partial charge in [0.2, 0.25) is 5.91 Å². The summed E-state index contributed by atoms with van der Waals surface area (Å²) in [4.78, 5) is 12.5. The van der Waals surface area contributed by atoms with E-state index in [1.54, 1.807) is 7.11 Å². The Hall–Kier alpha value is -2.01. The molecule has 1 heterocycles. The lowest BCUT2D eigenvalue weighted by molar-refractivity contribution is -0.118. The van der Waals surface area contributed by atoms with E-state index in [1.165, 1.54) is 5.56 Å². The second-order valence-electron chi connectivity index (χ2n) is 9.41. The first-order valence-corrected chi connectivity index (χ1v) is 10.1. The second-order valence-corrected chi connectivity index (χ2v) is 9.41. The van der Waals surface area contributed by atoms with Gasteiger partial charge in [0.05, 0.1) is 13.7 Å². The van der Waals surface area contributed by atoms with E-state index in [9.17, 15) is 4.79 Å². The Balaban J connectivity index is 2.05. The molecule has 0 saturated heterocycles. The van der Waals surface area contributed by atoms with Crippen LogP contribution in [0.4, 0.5) is 0 Å². The molecule has 154 valence electrons. The van der Waals surface area contributed by atoms with Gasteiger partial charge in [0.25, 0.3) is 0 Å². The molecule has 28 heavy (non-hydrogen) atoms. The molecule has 0 spiro atoms. The third-order valence-electron chi connectivity index (χ3n) is 6.06. The molecule has 0 unspecified atom stereocenters. The maximum absolute atomic E-state index is 12.5. The van der Waals surface area contributed by atoms with Gasteiger partial charge in [0.15, 0.2) is 0 Å². The van der Waals surface area contributed by atoms with Gasteiger partial charge in [-0.15, -0.1) is 0 Å². The number of rotatable bonds is 4. The molecule has 5 nitrogen and oxygen atoms in total. The highest BCUT2D eigenvalue weighted by atomic mass is 16.5. The van der Waals surface area contributed by atoms with Crippen molar-refractivity contribution in [2.24, 2.45) is 5.92 Å². The predicted octanol–water partition coefficient (Wildman–Crippen LogP) is 3.69. The summed E-state index contributed by atoms with van der Waals surface area (Å²) in [6.07, 6.45) is 3.45. The molecule has 2 atom stereocenters. The maximum Gasteiger partial charge on any atom is 0.246 e. The van der Waals surface area contributed by atoms with Crippen molar-refractivity contribution in [2.75, 3.05) is 20.3 Å². The van der Waals surface area contributed by atoms with E-state index in [0.29, 0.717) is 6.42 Å². The molecule has 0 radical (unpaired) electrons. The minimum atomic E-state index is -0.331. The van der Waals surface area contributed by atoms with E-state index in [4.69, 9.17) is 14.6 Å². The fourth-order valence-electron chi connectivity index (χ4n) is 4.45. The van der Waals surface area contributed by atoms with Crippen LogP contribution in [0.5, 0.6) is 11.5 Å². The van der Waals surface area contributed by atoms with Crippen molar-refractivity contribution in [1.29, 1.82) is 0 Å². The maximum atomic E-state index is 12.5. The number of aliphatic hydroxyl groups excluding tert-OH is 1. The number of amides is 1. The van der Waals surface area contributed by atoms with Crippen LogP contribution in [-0.2, 0) is 10.2 Å². The summed E-state index contributed by atoms with van der Waals surface area (Å²) in [5.74, 6) is 2.03. The monoisotopic (exact) mass is 387 g/mol. The number of carbonyl (C=O) groups excluding carboxylic acids is 1. The third-order valence-corrected chi connectivity index (χ3v) is 6.06. The third kappa shape index (κ3) is 3.77. The Morgan fingerprint density at radius 2 is 2.07 bits per heavy atom. The van der Waals surface area contributed by atoms with E-state index < -0.39 is 0 Å². The fourth-order valence-corrected chi connectivity index (χ4v) is 4.45. The zero-order chi connectivity index (χ0) is 20.7. The fraction of sp³-hybridized carbons (Fsp3) is 0.609. The van der Waals surface area contributed by atoms with Crippen molar-refractivity contribution >= 4 is 5.91 Å². The first-order chi connectivity index (χ1) is 13.1. The van der Waals surface area contributed by atoms with Crippen LogP contribution in [0.15, 0.2) is 23.8 Å². The van der Waals surface area contributed by atoms with Crippen LogP contribution >= 0.6 is 0 Å². The Labute approximate surface area is 168 Å². The van der Waals surface area contributed by atoms with Crippen molar-refractivity contribution in [3.63, 3.8) is 0 Å². The molecule has 1 aromatic rings. The molecule has 1 aromatic carbocycles. The summed E-state index contributed by atoms with van der Waals surface area (Å²) in [7, 11) is 1.70. The van der Waals surface area contributed by atoms with Crippen LogP contribution in [0.1, 0.15) is 64.5 Å². The first-order valence-electron chi connectivity index (χ1n) is 10.1. The number of hydrogen-bond donors (Lipinski definition) is 2. The SMILES string of the molecule is COc1cc(C(C)(C)C)cc2c1[C@@H]1CC(C(=O)NCCO)=CC[C@H]1C(C)(C)O2. The number of allylic oxidation sites excluding steroid dienone is 1. The number of nitrogens with one attached hydrogen (secondary N) is 1. The normalized spacial score (nSPS) is 23.0. The van der Waals surface area contributed by atoms with Crippen molar-refractivity contribution in [1.82, 2.24) is 5.32 Å². The van der Waals surface area contributed by atoms with Gasteiger partial charge in [-0.05, 0) is 49.8 Å². The number of benzene rings is 1. The predicted molar refractivity (Wildman–Crippen MR) is 110 cm³/mol. The highest BCUT2D eigenvalue weighted by molar-refractivity contribution is 5.93. The molecule has 2 aliphatic rings. The van der Waals surface area contributed by atoms with E-state index in [1.807, 2.05) is 6.08 Å². The largest absolute Gasteiger partial charge is 0.496 e. The minimum Gasteiger partial charge on any atom is -0.496 e. The van der Waals surface area contributed by atoms with Gasteiger partial charge in [-0.25, -0.2) is 0 Å². The number of hydrogen-bond acceptors (Lipinski definition) is 4. The van der Waals surface area contributed by atoms with Gasteiger partial charge in [0, 0.05) is 29.5 Å². The molecule has 0 aromatic heterocycles. The smallest absolute Gasteiger partial charge is 0.246 e. The molecule has 5 heteroatoms. The van der Waals surface area contributed by atoms with E-state index >= 15 is 0 Å². The average Bonchev–Trinajstić information content (AvgIpc) is 2.63. The molecule has 0 fully saturated rings. The molecular formula is C23H33NO4. The minimum absolute atomic E-state index is 0.0194. The molecule has 1 aliphatic heterocycles. The zero-order valence-electron chi connectivity index (χ0n) is 17.9. The van der Waals surface area contributed by atoms with Crippen molar-refractivity contribution < 1.29 is 19.4 Å². The lowest BCUT2D eigenvalue weighted by Gasteiger charge is -2.47. The van der Waals surface area contributed by atoms with Crippen LogP contribution in [-0.4, -0.2) is 36.9 Å². The van der Waals surface area contributed by atoms with E-state index in [2.05, 4.69) is 52.1 Å². The number of ether oxygens (including phenoxy) is 2. The molecular weight excluding hydrogens is 354 g/mol. The average molecular weight is 388 g/mol. The quantitative estimate of drug-likeness (QED) is 0.827. The number of fused-ring (bicyclic) bond motifs is 3. The Morgan fingerprint density at radius 1 is 1.36 bits per heavy atom. The molecule has 3 rings (SSSR count). The van der Waals surface area contributed by atoms with Crippen LogP contribution in [0.25, 0.3) is 0 Å². The van der Waals surface area contributed by atoms with E-state index in [-0.39, 0.29) is 41.9 Å². The highest BCUT2D eigenvalue weighted by Gasteiger charge is 2.47. The van der Waals surface area contributed by atoms with Crippen molar-refractivity contribution in [2.45, 2.75) is 64.4 Å². The van der Waals surface area contributed by atoms with E-state index in [0.717, 1.165) is 29.1 Å². The Morgan fingerprint density at radius 3 is 2.68 bits per heavy atom.